The van der Waals surface area contributed by atoms with Crippen LogP contribution in [0.3, 0.4) is 0 Å². The van der Waals surface area contributed by atoms with E-state index in [0.29, 0.717) is 17.0 Å². The summed E-state index contributed by atoms with van der Waals surface area (Å²) in [5, 5.41) is 12.2. The van der Waals surface area contributed by atoms with Gasteiger partial charge in [-0.05, 0) is 12.5 Å². The number of unbranched alkanes of at least 4 members (excludes halogenated alkanes) is 1. The summed E-state index contributed by atoms with van der Waals surface area (Å²) >= 11 is 5.98. The van der Waals surface area contributed by atoms with Crippen LogP contribution in [0, 0.1) is 11.3 Å². The van der Waals surface area contributed by atoms with E-state index >= 15 is 0 Å². The van der Waals surface area contributed by atoms with Gasteiger partial charge in [-0.25, -0.2) is 0 Å². The first-order valence-electron chi connectivity index (χ1n) is 5.62. The van der Waals surface area contributed by atoms with E-state index in [9.17, 15) is 4.79 Å². The zero-order valence-corrected chi connectivity index (χ0v) is 10.5. The van der Waals surface area contributed by atoms with Crippen molar-refractivity contribution in [1.82, 2.24) is 5.32 Å². The first-order chi connectivity index (χ1) is 8.19. The van der Waals surface area contributed by atoms with Gasteiger partial charge in [-0.3, -0.25) is 4.79 Å². The van der Waals surface area contributed by atoms with Crippen molar-refractivity contribution in [2.45, 2.75) is 32.2 Å². The zero-order valence-electron chi connectivity index (χ0n) is 9.74. The molecule has 1 unspecified atom stereocenters. The Hall–Kier alpha value is -1.53. The molecule has 4 heteroatoms. The molecule has 3 nitrogen and oxygen atoms in total. The lowest BCUT2D eigenvalue weighted by molar-refractivity contribution is -0.121. The van der Waals surface area contributed by atoms with Crippen LogP contribution in [-0.4, -0.2) is 5.91 Å². The summed E-state index contributed by atoms with van der Waals surface area (Å²) in [6.45, 7) is 2.02. The Morgan fingerprint density at radius 1 is 1.53 bits per heavy atom. The highest BCUT2D eigenvalue weighted by Gasteiger charge is 2.15. The van der Waals surface area contributed by atoms with E-state index < -0.39 is 6.04 Å². The van der Waals surface area contributed by atoms with Gasteiger partial charge in [0.1, 0.15) is 6.04 Å². The van der Waals surface area contributed by atoms with Crippen LogP contribution in [0.5, 0.6) is 0 Å². The average molecular weight is 251 g/mol. The SMILES string of the molecule is CCCCC(=O)NC(C#N)c1ccccc1Cl. The highest BCUT2D eigenvalue weighted by molar-refractivity contribution is 6.31. The fourth-order valence-corrected chi connectivity index (χ4v) is 1.70. The monoisotopic (exact) mass is 250 g/mol. The maximum Gasteiger partial charge on any atom is 0.221 e. The Morgan fingerprint density at radius 3 is 2.82 bits per heavy atom. The van der Waals surface area contributed by atoms with Crippen LogP contribution in [0.25, 0.3) is 0 Å². The van der Waals surface area contributed by atoms with Crippen molar-refractivity contribution in [3.63, 3.8) is 0 Å². The molecule has 0 aliphatic carbocycles. The number of nitriles is 1. The Balaban J connectivity index is 2.70. The highest BCUT2D eigenvalue weighted by Crippen LogP contribution is 2.22. The molecule has 0 aliphatic heterocycles. The van der Waals surface area contributed by atoms with Crippen LogP contribution < -0.4 is 5.32 Å². The molecule has 1 amide bonds. The molecule has 0 aromatic heterocycles. The Bertz CT molecular complexity index is 426. The molecular weight excluding hydrogens is 236 g/mol. The van der Waals surface area contributed by atoms with Crippen molar-refractivity contribution >= 4 is 17.5 Å². The summed E-state index contributed by atoms with van der Waals surface area (Å²) in [7, 11) is 0. The molecule has 1 aromatic rings. The second kappa shape index (κ2) is 6.93. The molecule has 17 heavy (non-hydrogen) atoms. The summed E-state index contributed by atoms with van der Waals surface area (Å²) in [5.74, 6) is -0.113. The van der Waals surface area contributed by atoms with Gasteiger partial charge in [0.15, 0.2) is 0 Å². The van der Waals surface area contributed by atoms with Crippen molar-refractivity contribution in [2.24, 2.45) is 0 Å². The summed E-state index contributed by atoms with van der Waals surface area (Å²) in [5.41, 5.74) is 0.640. The van der Waals surface area contributed by atoms with E-state index in [4.69, 9.17) is 16.9 Å². The van der Waals surface area contributed by atoms with Crippen molar-refractivity contribution in [1.29, 1.82) is 5.26 Å². The fourth-order valence-electron chi connectivity index (χ4n) is 1.46. The van der Waals surface area contributed by atoms with Gasteiger partial charge in [0.05, 0.1) is 6.07 Å². The maximum absolute atomic E-state index is 11.6. The zero-order chi connectivity index (χ0) is 12.7. The summed E-state index contributed by atoms with van der Waals surface area (Å²) in [6.07, 6.45) is 2.22. The molecule has 0 saturated carbocycles. The molecule has 0 fully saturated rings. The van der Waals surface area contributed by atoms with Gasteiger partial charge in [0.25, 0.3) is 0 Å². The van der Waals surface area contributed by atoms with Crippen LogP contribution in [0.2, 0.25) is 5.02 Å². The van der Waals surface area contributed by atoms with Crippen LogP contribution >= 0.6 is 11.6 Å². The van der Waals surface area contributed by atoms with Crippen LogP contribution in [0.15, 0.2) is 24.3 Å². The number of carbonyl (C=O) groups excluding carboxylic acids is 1. The summed E-state index contributed by atoms with van der Waals surface area (Å²) in [4.78, 5) is 11.6. The lowest BCUT2D eigenvalue weighted by Gasteiger charge is -2.13. The molecule has 0 heterocycles. The predicted molar refractivity (Wildman–Crippen MR) is 67.5 cm³/mol. The van der Waals surface area contributed by atoms with Gasteiger partial charge < -0.3 is 5.32 Å². The second-order valence-electron chi connectivity index (χ2n) is 3.75. The first-order valence-corrected chi connectivity index (χ1v) is 6.00. The standard InChI is InChI=1S/C13H15ClN2O/c1-2-3-8-13(17)16-12(9-15)10-6-4-5-7-11(10)14/h4-7,12H,2-3,8H2,1H3,(H,16,17). The Kier molecular flexibility index (Phi) is 5.51. The quantitative estimate of drug-likeness (QED) is 0.872. The number of benzene rings is 1. The van der Waals surface area contributed by atoms with Crippen LogP contribution in [-0.2, 0) is 4.79 Å². The number of carbonyl (C=O) groups is 1. The van der Waals surface area contributed by atoms with Gasteiger partial charge >= 0.3 is 0 Å². The van der Waals surface area contributed by atoms with E-state index in [-0.39, 0.29) is 5.91 Å². The normalized spacial score (nSPS) is 11.6. The van der Waals surface area contributed by atoms with Gasteiger partial charge in [0.2, 0.25) is 5.91 Å². The molecule has 0 spiro atoms. The highest BCUT2D eigenvalue weighted by atomic mass is 35.5. The number of amides is 1. The number of rotatable bonds is 5. The van der Waals surface area contributed by atoms with Crippen molar-refractivity contribution in [3.8, 4) is 6.07 Å². The predicted octanol–water partition coefficient (Wildman–Crippen LogP) is 3.21. The smallest absolute Gasteiger partial charge is 0.221 e. The minimum atomic E-state index is -0.673. The number of nitrogens with zero attached hydrogens (tertiary/aromatic N) is 1. The van der Waals surface area contributed by atoms with Gasteiger partial charge in [-0.2, -0.15) is 5.26 Å². The summed E-state index contributed by atoms with van der Waals surface area (Å²) < 4.78 is 0. The largest absolute Gasteiger partial charge is 0.337 e. The van der Waals surface area contributed by atoms with Crippen molar-refractivity contribution < 1.29 is 4.79 Å². The third-order valence-electron chi connectivity index (χ3n) is 2.41. The second-order valence-corrected chi connectivity index (χ2v) is 4.16. The van der Waals surface area contributed by atoms with Gasteiger partial charge in [-0.1, -0.05) is 43.1 Å². The molecule has 1 rings (SSSR count). The molecule has 0 aliphatic rings. The topological polar surface area (TPSA) is 52.9 Å². The third kappa shape index (κ3) is 4.08. The number of nitrogens with one attached hydrogen (secondary N) is 1. The minimum absolute atomic E-state index is 0.113. The molecule has 1 N–H and O–H groups in total. The molecule has 0 saturated heterocycles. The minimum Gasteiger partial charge on any atom is -0.337 e. The van der Waals surface area contributed by atoms with Crippen molar-refractivity contribution in [2.75, 3.05) is 0 Å². The lowest BCUT2D eigenvalue weighted by Crippen LogP contribution is -2.27. The van der Waals surface area contributed by atoms with E-state index in [0.717, 1.165) is 12.8 Å². The lowest BCUT2D eigenvalue weighted by atomic mass is 10.1. The van der Waals surface area contributed by atoms with Crippen LogP contribution in [0.1, 0.15) is 37.8 Å². The average Bonchev–Trinajstić information content (AvgIpc) is 2.34. The number of hydrogen-bond acceptors (Lipinski definition) is 2. The third-order valence-corrected chi connectivity index (χ3v) is 2.75. The van der Waals surface area contributed by atoms with E-state index in [1.54, 1.807) is 24.3 Å². The molecular formula is C13H15ClN2O. The number of hydrogen-bond donors (Lipinski definition) is 1. The van der Waals surface area contributed by atoms with E-state index in [1.165, 1.54) is 0 Å². The molecule has 90 valence electrons. The Morgan fingerprint density at radius 2 is 2.24 bits per heavy atom. The molecule has 0 bridgehead atoms. The maximum atomic E-state index is 11.6. The summed E-state index contributed by atoms with van der Waals surface area (Å²) in [6, 6.07) is 8.42. The van der Waals surface area contributed by atoms with Gasteiger partial charge in [-0.15, -0.1) is 0 Å². The van der Waals surface area contributed by atoms with Crippen molar-refractivity contribution in [3.05, 3.63) is 34.9 Å². The molecule has 1 aromatic carbocycles. The van der Waals surface area contributed by atoms with E-state index in [1.807, 2.05) is 6.92 Å². The molecule has 0 radical (unpaired) electrons. The number of halogens is 1. The fraction of sp³-hybridized carbons (Fsp3) is 0.385. The van der Waals surface area contributed by atoms with Crippen LogP contribution in [0.4, 0.5) is 0 Å². The Labute approximate surface area is 106 Å². The molecule has 1 atom stereocenters. The van der Waals surface area contributed by atoms with E-state index in [2.05, 4.69) is 11.4 Å². The van der Waals surface area contributed by atoms with Gasteiger partial charge in [0, 0.05) is 17.0 Å². The first kappa shape index (κ1) is 13.5.